The van der Waals surface area contributed by atoms with Gasteiger partial charge in [0.2, 0.25) is 0 Å². The molecule has 1 N–H and O–H groups in total. The monoisotopic (exact) mass is 447 g/mol. The van der Waals surface area contributed by atoms with Crippen LogP contribution in [-0.4, -0.2) is 49.4 Å². The number of ketones is 1. The summed E-state index contributed by atoms with van der Waals surface area (Å²) in [5.41, 5.74) is 1.99. The lowest BCUT2D eigenvalue weighted by Gasteiger charge is -2.36. The first-order chi connectivity index (χ1) is 13.5. The van der Waals surface area contributed by atoms with Crippen LogP contribution in [0.4, 0.5) is 14.9 Å². The van der Waals surface area contributed by atoms with Gasteiger partial charge in [-0.3, -0.25) is 4.79 Å². The van der Waals surface area contributed by atoms with Crippen molar-refractivity contribution in [3.05, 3.63) is 63.9 Å². The largest absolute Gasteiger partial charge is 0.366 e. The Labute approximate surface area is 172 Å². The highest BCUT2D eigenvalue weighted by Gasteiger charge is 2.23. The fourth-order valence-corrected chi connectivity index (χ4v) is 3.73. The van der Waals surface area contributed by atoms with Gasteiger partial charge in [-0.2, -0.15) is 0 Å². The van der Waals surface area contributed by atoms with Crippen LogP contribution < -0.4 is 10.2 Å². The molecule has 2 aromatic carbocycles. The molecule has 148 valence electrons. The Balaban J connectivity index is 1.49. The molecule has 3 rings (SSSR count). The van der Waals surface area contributed by atoms with Crippen LogP contribution in [-0.2, 0) is 6.42 Å². The molecule has 0 spiro atoms. The van der Waals surface area contributed by atoms with Crippen LogP contribution in [0.5, 0.6) is 0 Å². The fourth-order valence-electron chi connectivity index (χ4n) is 3.25. The standard InChI is InChI=1S/C21H23BrFN3O2/c1-15(27)17-6-7-20(19(23)14-17)25-10-12-26(13-11-25)21(28)24-9-8-16-4-2-3-5-18(16)22/h2-7,14H,8-13H2,1H3,(H,24,28). The number of hydrogen-bond acceptors (Lipinski definition) is 3. The Morgan fingerprint density at radius 1 is 1.11 bits per heavy atom. The zero-order valence-corrected chi connectivity index (χ0v) is 17.3. The summed E-state index contributed by atoms with van der Waals surface area (Å²) in [5, 5.41) is 2.95. The summed E-state index contributed by atoms with van der Waals surface area (Å²) in [7, 11) is 0. The van der Waals surface area contributed by atoms with Crippen LogP contribution in [0.3, 0.4) is 0 Å². The van der Waals surface area contributed by atoms with E-state index in [2.05, 4.69) is 21.2 Å². The van der Waals surface area contributed by atoms with Crippen molar-refractivity contribution >= 4 is 33.4 Å². The number of Topliss-reactive ketones (excluding diaryl/α,β-unsaturated/α-hetero) is 1. The van der Waals surface area contributed by atoms with E-state index >= 15 is 0 Å². The normalized spacial score (nSPS) is 14.1. The van der Waals surface area contributed by atoms with Crippen LogP contribution in [0, 0.1) is 5.82 Å². The third-order valence-electron chi connectivity index (χ3n) is 4.89. The summed E-state index contributed by atoms with van der Waals surface area (Å²) in [5.74, 6) is -0.562. The van der Waals surface area contributed by atoms with E-state index < -0.39 is 5.82 Å². The first-order valence-corrected chi connectivity index (χ1v) is 10.1. The van der Waals surface area contributed by atoms with E-state index in [-0.39, 0.29) is 11.8 Å². The van der Waals surface area contributed by atoms with E-state index in [9.17, 15) is 14.0 Å². The Kier molecular flexibility index (Phi) is 6.67. The molecule has 2 aromatic rings. The van der Waals surface area contributed by atoms with Crippen molar-refractivity contribution < 1.29 is 14.0 Å². The topological polar surface area (TPSA) is 52.7 Å². The third-order valence-corrected chi connectivity index (χ3v) is 5.66. The molecule has 1 aliphatic rings. The Hall–Kier alpha value is -2.41. The summed E-state index contributed by atoms with van der Waals surface area (Å²) < 4.78 is 15.4. The van der Waals surface area contributed by atoms with Gasteiger partial charge in [0.25, 0.3) is 0 Å². The predicted octanol–water partition coefficient (Wildman–Crippen LogP) is 3.87. The molecule has 0 bridgehead atoms. The summed E-state index contributed by atoms with van der Waals surface area (Å²) in [6.45, 7) is 4.12. The lowest BCUT2D eigenvalue weighted by molar-refractivity contribution is 0.101. The van der Waals surface area contributed by atoms with Gasteiger partial charge in [0.15, 0.2) is 5.78 Å². The van der Waals surface area contributed by atoms with E-state index in [0.29, 0.717) is 44.0 Å². The number of nitrogens with zero attached hydrogens (tertiary/aromatic N) is 2. The smallest absolute Gasteiger partial charge is 0.317 e. The van der Waals surface area contributed by atoms with Gasteiger partial charge in [-0.15, -0.1) is 0 Å². The van der Waals surface area contributed by atoms with Gasteiger partial charge in [0.1, 0.15) is 5.82 Å². The van der Waals surface area contributed by atoms with E-state index in [1.165, 1.54) is 13.0 Å². The number of carbonyl (C=O) groups is 2. The molecule has 0 aliphatic carbocycles. The SMILES string of the molecule is CC(=O)c1ccc(N2CCN(C(=O)NCCc3ccccc3Br)CC2)c(F)c1. The molecule has 2 amide bonds. The van der Waals surface area contributed by atoms with Crippen LogP contribution in [0.15, 0.2) is 46.9 Å². The molecule has 28 heavy (non-hydrogen) atoms. The van der Waals surface area contributed by atoms with E-state index in [4.69, 9.17) is 0 Å². The van der Waals surface area contributed by atoms with Crippen molar-refractivity contribution in [3.63, 3.8) is 0 Å². The molecule has 1 fully saturated rings. The van der Waals surface area contributed by atoms with E-state index in [1.54, 1.807) is 17.0 Å². The first-order valence-electron chi connectivity index (χ1n) is 9.27. The van der Waals surface area contributed by atoms with Crippen molar-refractivity contribution in [2.45, 2.75) is 13.3 Å². The van der Waals surface area contributed by atoms with Crippen molar-refractivity contribution in [1.29, 1.82) is 0 Å². The van der Waals surface area contributed by atoms with Gasteiger partial charge >= 0.3 is 6.03 Å². The van der Waals surface area contributed by atoms with Gasteiger partial charge in [0.05, 0.1) is 5.69 Å². The maximum absolute atomic E-state index is 14.3. The molecular formula is C21H23BrFN3O2. The van der Waals surface area contributed by atoms with E-state index in [1.807, 2.05) is 29.2 Å². The minimum Gasteiger partial charge on any atom is -0.366 e. The zero-order valence-electron chi connectivity index (χ0n) is 15.8. The molecule has 0 unspecified atom stereocenters. The molecular weight excluding hydrogens is 425 g/mol. The highest BCUT2D eigenvalue weighted by atomic mass is 79.9. The molecule has 0 radical (unpaired) electrons. The number of nitrogens with one attached hydrogen (secondary N) is 1. The number of piperazine rings is 1. The number of halogens is 2. The first kappa shape index (κ1) is 20.3. The highest BCUT2D eigenvalue weighted by molar-refractivity contribution is 9.10. The van der Waals surface area contributed by atoms with Gasteiger partial charge < -0.3 is 15.1 Å². The van der Waals surface area contributed by atoms with Gasteiger partial charge in [-0.05, 0) is 43.2 Å². The molecule has 1 aliphatic heterocycles. The van der Waals surface area contributed by atoms with Crippen LogP contribution in [0.2, 0.25) is 0 Å². The molecule has 5 nitrogen and oxygen atoms in total. The highest BCUT2D eigenvalue weighted by Crippen LogP contribution is 2.22. The predicted molar refractivity (Wildman–Crippen MR) is 111 cm³/mol. The van der Waals surface area contributed by atoms with Crippen molar-refractivity contribution in [2.24, 2.45) is 0 Å². The lowest BCUT2D eigenvalue weighted by atomic mass is 10.1. The van der Waals surface area contributed by atoms with Gasteiger partial charge in [0, 0.05) is 42.8 Å². The third kappa shape index (κ3) is 4.90. The second kappa shape index (κ2) is 9.19. The number of hydrogen-bond donors (Lipinski definition) is 1. The number of benzene rings is 2. The van der Waals surface area contributed by atoms with Crippen LogP contribution >= 0.6 is 15.9 Å². The van der Waals surface area contributed by atoms with Crippen molar-refractivity contribution in [1.82, 2.24) is 10.2 Å². The average Bonchev–Trinajstić information content (AvgIpc) is 2.69. The molecule has 1 saturated heterocycles. The zero-order chi connectivity index (χ0) is 20.1. The van der Waals surface area contributed by atoms with Crippen molar-refractivity contribution in [3.8, 4) is 0 Å². The average molecular weight is 448 g/mol. The molecule has 0 atom stereocenters. The quantitative estimate of drug-likeness (QED) is 0.707. The summed E-state index contributed by atoms with van der Waals surface area (Å²) in [4.78, 5) is 27.4. The number of anilines is 1. The van der Waals surface area contributed by atoms with Crippen molar-refractivity contribution in [2.75, 3.05) is 37.6 Å². The molecule has 0 saturated carbocycles. The van der Waals surface area contributed by atoms with Crippen LogP contribution in [0.25, 0.3) is 0 Å². The maximum atomic E-state index is 14.3. The minimum absolute atomic E-state index is 0.0981. The summed E-state index contributed by atoms with van der Waals surface area (Å²) >= 11 is 3.51. The van der Waals surface area contributed by atoms with Gasteiger partial charge in [-0.1, -0.05) is 34.1 Å². The number of rotatable bonds is 5. The number of carbonyl (C=O) groups excluding carboxylic acids is 2. The maximum Gasteiger partial charge on any atom is 0.317 e. The lowest BCUT2D eigenvalue weighted by Crippen LogP contribution is -2.52. The minimum atomic E-state index is -0.404. The molecule has 7 heteroatoms. The Bertz CT molecular complexity index is 866. The Morgan fingerprint density at radius 3 is 2.46 bits per heavy atom. The second-order valence-corrected chi connectivity index (χ2v) is 7.62. The number of urea groups is 1. The molecule has 0 aromatic heterocycles. The summed E-state index contributed by atoms with van der Waals surface area (Å²) in [6, 6.07) is 12.4. The Morgan fingerprint density at radius 2 is 1.82 bits per heavy atom. The summed E-state index contributed by atoms with van der Waals surface area (Å²) in [6.07, 6.45) is 0.751. The number of amides is 2. The van der Waals surface area contributed by atoms with E-state index in [0.717, 1.165) is 16.5 Å². The second-order valence-electron chi connectivity index (χ2n) is 6.77. The fraction of sp³-hybridized carbons (Fsp3) is 0.333. The molecule has 1 heterocycles. The van der Waals surface area contributed by atoms with Gasteiger partial charge in [-0.25, -0.2) is 9.18 Å². The van der Waals surface area contributed by atoms with Crippen LogP contribution in [0.1, 0.15) is 22.8 Å².